The fourth-order valence-electron chi connectivity index (χ4n) is 5.00. The number of unbranched alkanes of at least 4 members (excludes halogenated alkanes) is 3. The molecule has 0 aromatic heterocycles. The topological polar surface area (TPSA) is 65.3 Å². The van der Waals surface area contributed by atoms with E-state index in [4.69, 9.17) is 17.9 Å². The van der Waals surface area contributed by atoms with Crippen molar-refractivity contribution in [2.45, 2.75) is 92.4 Å². The molecule has 0 spiro atoms. The SMILES string of the molecule is [C-]#[N+]C1=C(/C=C/c2ccc(N(CCCC)CCCC)cc2OCC(CC)CCCC)C(=O)N(CCC)/C1=C(\C#N)[N+]#[C-]. The van der Waals surface area contributed by atoms with Crippen molar-refractivity contribution >= 4 is 17.7 Å². The first-order chi connectivity index (χ1) is 20.4. The van der Waals surface area contributed by atoms with E-state index in [0.717, 1.165) is 75.0 Å². The van der Waals surface area contributed by atoms with Crippen LogP contribution in [-0.2, 0) is 4.79 Å². The molecule has 1 amide bonds. The molecule has 1 aromatic carbocycles. The summed E-state index contributed by atoms with van der Waals surface area (Å²) in [6, 6.07) is 8.11. The highest BCUT2D eigenvalue weighted by atomic mass is 16.5. The van der Waals surface area contributed by atoms with Crippen molar-refractivity contribution < 1.29 is 9.53 Å². The van der Waals surface area contributed by atoms with Crippen LogP contribution in [0.25, 0.3) is 15.8 Å². The van der Waals surface area contributed by atoms with Gasteiger partial charge in [-0.25, -0.2) is 15.0 Å². The van der Waals surface area contributed by atoms with Crippen LogP contribution in [0.4, 0.5) is 5.69 Å². The molecule has 2 rings (SSSR count). The maximum Gasteiger partial charge on any atom is 0.274 e. The summed E-state index contributed by atoms with van der Waals surface area (Å²) < 4.78 is 6.49. The molecule has 1 heterocycles. The second-order valence-corrected chi connectivity index (χ2v) is 10.7. The maximum atomic E-state index is 13.4. The van der Waals surface area contributed by atoms with E-state index >= 15 is 0 Å². The minimum absolute atomic E-state index is 0.0484. The molecule has 0 N–H and O–H groups in total. The van der Waals surface area contributed by atoms with E-state index in [-0.39, 0.29) is 28.6 Å². The van der Waals surface area contributed by atoms with Crippen LogP contribution in [0.2, 0.25) is 0 Å². The fraction of sp³-hybridized carbons (Fsp3) is 0.543. The van der Waals surface area contributed by atoms with Crippen LogP contribution in [0.3, 0.4) is 0 Å². The summed E-state index contributed by atoms with van der Waals surface area (Å²) in [6.07, 6.45) is 13.1. The smallest absolute Gasteiger partial charge is 0.274 e. The number of ether oxygens (including phenoxy) is 1. The first kappa shape index (κ1) is 34.2. The summed E-state index contributed by atoms with van der Waals surface area (Å²) in [5.41, 5.74) is 2.07. The number of nitriles is 1. The molecule has 0 radical (unpaired) electrons. The van der Waals surface area contributed by atoms with Crippen molar-refractivity contribution in [1.29, 1.82) is 5.26 Å². The monoisotopic (exact) mass is 569 g/mol. The van der Waals surface area contributed by atoms with E-state index in [2.05, 4.69) is 54.4 Å². The Hall–Kier alpha value is -4.02. The van der Waals surface area contributed by atoms with Gasteiger partial charge in [0.05, 0.1) is 31.5 Å². The van der Waals surface area contributed by atoms with Crippen molar-refractivity contribution in [3.63, 3.8) is 0 Å². The molecular formula is C35H47N5O2. The molecule has 1 aromatic rings. The molecule has 0 saturated carbocycles. The van der Waals surface area contributed by atoms with Crippen LogP contribution in [0.15, 0.2) is 46.9 Å². The number of rotatable bonds is 18. The molecule has 7 nitrogen and oxygen atoms in total. The van der Waals surface area contributed by atoms with Gasteiger partial charge in [0, 0.05) is 42.5 Å². The van der Waals surface area contributed by atoms with Crippen LogP contribution >= 0.6 is 0 Å². The Balaban J connectivity index is 2.58. The quantitative estimate of drug-likeness (QED) is 0.131. The van der Waals surface area contributed by atoms with Gasteiger partial charge in [-0.15, -0.1) is 0 Å². The molecule has 42 heavy (non-hydrogen) atoms. The standard InChI is InChI=1S/C35H47N5O2/c1-8-13-16-27(12-5)26-42-32-24-29(39(22-14-9-2)23-15-10-3)19-17-28(32)18-20-30-33(38-7)34(31(25-36)37-6)40(21-11-4)35(30)41/h17-20,24,27H,8-16,21-23,26H2,1-5H3/b20-18+,34-31+. The third-order valence-electron chi connectivity index (χ3n) is 7.60. The van der Waals surface area contributed by atoms with Crippen LogP contribution < -0.4 is 9.64 Å². The highest BCUT2D eigenvalue weighted by molar-refractivity contribution is 6.04. The summed E-state index contributed by atoms with van der Waals surface area (Å²) in [7, 11) is 0. The third kappa shape index (κ3) is 8.99. The van der Waals surface area contributed by atoms with Gasteiger partial charge in [0.15, 0.2) is 0 Å². The van der Waals surface area contributed by atoms with Crippen molar-refractivity contribution in [3.8, 4) is 11.8 Å². The number of amides is 1. The van der Waals surface area contributed by atoms with E-state index in [0.29, 0.717) is 25.5 Å². The first-order valence-corrected chi connectivity index (χ1v) is 15.6. The van der Waals surface area contributed by atoms with Gasteiger partial charge in [0.2, 0.25) is 11.6 Å². The number of hydrogen-bond donors (Lipinski definition) is 0. The Kier molecular flexibility index (Phi) is 15.0. The van der Waals surface area contributed by atoms with Gasteiger partial charge in [-0.3, -0.25) is 4.79 Å². The number of hydrogen-bond acceptors (Lipinski definition) is 4. The maximum absolute atomic E-state index is 13.4. The molecule has 7 heteroatoms. The molecule has 1 unspecified atom stereocenters. The first-order valence-electron chi connectivity index (χ1n) is 15.6. The van der Waals surface area contributed by atoms with Gasteiger partial charge in [-0.05, 0) is 43.7 Å². The normalized spacial score (nSPS) is 15.0. The fourth-order valence-corrected chi connectivity index (χ4v) is 5.00. The molecule has 1 atom stereocenters. The second kappa shape index (κ2) is 18.4. The zero-order valence-corrected chi connectivity index (χ0v) is 26.2. The Morgan fingerprint density at radius 1 is 1.05 bits per heavy atom. The predicted octanol–water partition coefficient (Wildman–Crippen LogP) is 8.78. The lowest BCUT2D eigenvalue weighted by Crippen LogP contribution is -2.27. The van der Waals surface area contributed by atoms with Crippen molar-refractivity contribution in [1.82, 2.24) is 4.90 Å². The molecule has 0 aliphatic carbocycles. The van der Waals surface area contributed by atoms with Crippen LogP contribution in [-0.4, -0.2) is 37.0 Å². The lowest BCUT2D eigenvalue weighted by atomic mass is 10.0. The van der Waals surface area contributed by atoms with Gasteiger partial charge in [0.1, 0.15) is 5.75 Å². The summed E-state index contributed by atoms with van der Waals surface area (Å²) in [5.74, 6) is 0.857. The molecule has 1 aliphatic rings. The van der Waals surface area contributed by atoms with Gasteiger partial charge < -0.3 is 14.5 Å². The number of carbonyl (C=O) groups is 1. The highest BCUT2D eigenvalue weighted by Gasteiger charge is 2.36. The van der Waals surface area contributed by atoms with Gasteiger partial charge in [0.25, 0.3) is 5.70 Å². The number of allylic oxidation sites excluding steroid dienone is 1. The number of anilines is 1. The number of benzene rings is 1. The molecule has 0 saturated heterocycles. The van der Waals surface area contributed by atoms with Crippen LogP contribution in [0.1, 0.15) is 98.0 Å². The summed E-state index contributed by atoms with van der Waals surface area (Å²) in [6.45, 7) is 28.9. The minimum Gasteiger partial charge on any atom is -0.493 e. The zero-order chi connectivity index (χ0) is 30.9. The average Bonchev–Trinajstić information content (AvgIpc) is 3.27. The van der Waals surface area contributed by atoms with Crippen LogP contribution in [0.5, 0.6) is 5.75 Å². The van der Waals surface area contributed by atoms with E-state index in [9.17, 15) is 10.1 Å². The van der Waals surface area contributed by atoms with Crippen molar-refractivity contribution in [2.75, 3.05) is 31.1 Å². The Morgan fingerprint density at radius 2 is 1.74 bits per heavy atom. The molecular weight excluding hydrogens is 522 g/mol. The molecule has 224 valence electrons. The van der Waals surface area contributed by atoms with Gasteiger partial charge in [-0.2, -0.15) is 0 Å². The summed E-state index contributed by atoms with van der Waals surface area (Å²) >= 11 is 0. The average molecular weight is 570 g/mol. The van der Waals surface area contributed by atoms with E-state index in [1.165, 1.54) is 11.3 Å². The second-order valence-electron chi connectivity index (χ2n) is 10.7. The van der Waals surface area contributed by atoms with E-state index in [1.807, 2.05) is 25.1 Å². The third-order valence-corrected chi connectivity index (χ3v) is 7.60. The van der Waals surface area contributed by atoms with Gasteiger partial charge >= 0.3 is 0 Å². The predicted molar refractivity (Wildman–Crippen MR) is 171 cm³/mol. The Labute approximate surface area is 253 Å². The number of carbonyl (C=O) groups excluding carboxylic acids is 1. The molecule has 0 bridgehead atoms. The summed E-state index contributed by atoms with van der Waals surface area (Å²) in [4.78, 5) is 24.1. The highest BCUT2D eigenvalue weighted by Crippen LogP contribution is 2.35. The van der Waals surface area contributed by atoms with E-state index in [1.54, 1.807) is 6.08 Å². The molecule has 1 aliphatic heterocycles. The Morgan fingerprint density at radius 3 is 2.29 bits per heavy atom. The van der Waals surface area contributed by atoms with Crippen molar-refractivity contribution in [2.24, 2.45) is 5.92 Å². The van der Waals surface area contributed by atoms with Crippen molar-refractivity contribution in [3.05, 3.63) is 75.3 Å². The summed E-state index contributed by atoms with van der Waals surface area (Å²) in [5, 5.41) is 9.54. The lowest BCUT2D eigenvalue weighted by Gasteiger charge is -2.26. The number of nitrogens with zero attached hydrogens (tertiary/aromatic N) is 5. The zero-order valence-electron chi connectivity index (χ0n) is 26.2. The minimum atomic E-state index is -0.361. The van der Waals surface area contributed by atoms with Crippen LogP contribution in [0, 0.1) is 30.4 Å². The Bertz CT molecular complexity index is 1250. The van der Waals surface area contributed by atoms with E-state index < -0.39 is 0 Å². The largest absolute Gasteiger partial charge is 0.493 e. The molecule has 0 fully saturated rings. The lowest BCUT2D eigenvalue weighted by molar-refractivity contribution is -0.124. The van der Waals surface area contributed by atoms with Gasteiger partial charge in [-0.1, -0.05) is 78.9 Å².